The van der Waals surface area contributed by atoms with Crippen LogP contribution in [0.15, 0.2) is 53.4 Å². The highest BCUT2D eigenvalue weighted by Gasteiger charge is 2.52. The van der Waals surface area contributed by atoms with E-state index in [-0.39, 0.29) is 11.3 Å². The topological polar surface area (TPSA) is 54.4 Å². The first-order valence-electron chi connectivity index (χ1n) is 10.5. The van der Waals surface area contributed by atoms with Crippen LogP contribution in [0.1, 0.15) is 37.3 Å². The summed E-state index contributed by atoms with van der Waals surface area (Å²) in [5.41, 5.74) is 1.42. The maximum Gasteiger partial charge on any atom is 0.217 e. The number of aromatic nitrogens is 1. The Morgan fingerprint density at radius 3 is 2.55 bits per heavy atom. The fraction of sp³-hybridized carbons (Fsp3) is 0.400. The van der Waals surface area contributed by atoms with Crippen LogP contribution >= 0.6 is 23.4 Å². The van der Waals surface area contributed by atoms with Crippen LogP contribution in [0.4, 0.5) is 0 Å². The summed E-state index contributed by atoms with van der Waals surface area (Å²) in [5, 5.41) is 17.4. The van der Waals surface area contributed by atoms with Crippen LogP contribution < -0.4 is 10.1 Å². The highest BCUT2D eigenvalue weighted by Crippen LogP contribution is 2.51. The Kier molecular flexibility index (Phi) is 6.23. The maximum atomic E-state index is 12.3. The molecule has 1 saturated heterocycles. The van der Waals surface area contributed by atoms with E-state index < -0.39 is 5.60 Å². The van der Waals surface area contributed by atoms with Crippen molar-refractivity contribution in [3.05, 3.63) is 64.7 Å². The molecule has 0 bridgehead atoms. The minimum atomic E-state index is -0.994. The van der Waals surface area contributed by atoms with Gasteiger partial charge in [-0.25, -0.2) is 4.98 Å². The number of piperidine rings is 1. The van der Waals surface area contributed by atoms with Crippen molar-refractivity contribution in [3.8, 4) is 5.88 Å². The van der Waals surface area contributed by atoms with Crippen molar-refractivity contribution >= 4 is 34.3 Å². The number of hydrogen-bond acceptors (Lipinski definition) is 5. The van der Waals surface area contributed by atoms with E-state index in [2.05, 4.69) is 43.6 Å². The third kappa shape index (κ3) is 4.05. The molecule has 2 heterocycles. The van der Waals surface area contributed by atoms with E-state index in [0.29, 0.717) is 17.3 Å². The van der Waals surface area contributed by atoms with Gasteiger partial charge in [-0.2, -0.15) is 0 Å². The average molecular weight is 457 g/mol. The molecule has 3 aromatic rings. The van der Waals surface area contributed by atoms with Crippen LogP contribution in [0.3, 0.4) is 0 Å². The number of fused-ring (bicyclic) bond motifs is 1. The zero-order valence-corrected chi connectivity index (χ0v) is 20.0. The molecule has 1 aliphatic rings. The SMILES string of the molecule is COc1nc2ccc(SC)cc2cc1[C@@H](c1ccc(Cl)cc1)C1(O)CCNCC1(C)C. The van der Waals surface area contributed by atoms with Gasteiger partial charge in [-0.3, -0.25) is 0 Å². The Morgan fingerprint density at radius 2 is 1.90 bits per heavy atom. The number of benzene rings is 2. The van der Waals surface area contributed by atoms with Gasteiger partial charge in [0.1, 0.15) is 0 Å². The average Bonchev–Trinajstić information content (AvgIpc) is 2.76. The number of aliphatic hydroxyl groups is 1. The summed E-state index contributed by atoms with van der Waals surface area (Å²) in [6.45, 7) is 5.72. The number of methoxy groups -OCH3 is 1. The third-order valence-electron chi connectivity index (χ3n) is 6.62. The van der Waals surface area contributed by atoms with Crippen molar-refractivity contribution in [3.63, 3.8) is 0 Å². The zero-order valence-electron chi connectivity index (χ0n) is 18.4. The second-order valence-electron chi connectivity index (χ2n) is 8.86. The minimum Gasteiger partial charge on any atom is -0.481 e. The molecule has 4 rings (SSSR count). The molecule has 0 radical (unpaired) electrons. The summed E-state index contributed by atoms with van der Waals surface area (Å²) in [7, 11) is 1.64. The van der Waals surface area contributed by atoms with Gasteiger partial charge in [-0.05, 0) is 61.2 Å². The van der Waals surface area contributed by atoms with Gasteiger partial charge in [-0.15, -0.1) is 11.8 Å². The summed E-state index contributed by atoms with van der Waals surface area (Å²) in [4.78, 5) is 6.00. The summed E-state index contributed by atoms with van der Waals surface area (Å²) in [5.74, 6) is 0.235. The van der Waals surface area contributed by atoms with E-state index in [0.717, 1.165) is 35.1 Å². The normalized spacial score (nSPS) is 21.7. The molecular weight excluding hydrogens is 428 g/mol. The molecule has 31 heavy (non-hydrogen) atoms. The number of nitrogens with one attached hydrogen (secondary N) is 1. The fourth-order valence-electron chi connectivity index (χ4n) is 4.72. The Morgan fingerprint density at radius 1 is 1.16 bits per heavy atom. The number of halogens is 1. The largest absolute Gasteiger partial charge is 0.481 e. The molecule has 1 aliphatic heterocycles. The zero-order chi connectivity index (χ0) is 22.2. The van der Waals surface area contributed by atoms with Crippen molar-refractivity contribution in [1.29, 1.82) is 0 Å². The van der Waals surface area contributed by atoms with Gasteiger partial charge in [-0.1, -0.05) is 37.6 Å². The van der Waals surface area contributed by atoms with Gasteiger partial charge >= 0.3 is 0 Å². The molecule has 6 heteroatoms. The van der Waals surface area contributed by atoms with Crippen LogP contribution in [0.5, 0.6) is 5.88 Å². The van der Waals surface area contributed by atoms with Crippen molar-refractivity contribution in [2.75, 3.05) is 26.5 Å². The quantitative estimate of drug-likeness (QED) is 0.496. The molecule has 0 spiro atoms. The maximum absolute atomic E-state index is 12.3. The first kappa shape index (κ1) is 22.4. The van der Waals surface area contributed by atoms with E-state index in [1.165, 1.54) is 4.90 Å². The van der Waals surface area contributed by atoms with Gasteiger partial charge in [0.15, 0.2) is 0 Å². The third-order valence-corrected chi connectivity index (χ3v) is 7.60. The highest BCUT2D eigenvalue weighted by atomic mass is 35.5. The first-order chi connectivity index (χ1) is 14.8. The summed E-state index contributed by atoms with van der Waals surface area (Å²) in [6, 6.07) is 16.1. The van der Waals surface area contributed by atoms with Crippen LogP contribution in [-0.4, -0.2) is 42.1 Å². The Balaban J connectivity index is 1.99. The van der Waals surface area contributed by atoms with Crippen LogP contribution in [0.2, 0.25) is 5.02 Å². The Bertz CT molecular complexity index is 1090. The number of ether oxygens (including phenoxy) is 1. The van der Waals surface area contributed by atoms with Crippen molar-refractivity contribution in [2.24, 2.45) is 5.41 Å². The second kappa shape index (κ2) is 8.62. The number of thioether (sulfide) groups is 1. The second-order valence-corrected chi connectivity index (χ2v) is 10.2. The lowest BCUT2D eigenvalue weighted by Gasteiger charge is -2.51. The lowest BCUT2D eigenvalue weighted by Crippen LogP contribution is -2.59. The number of pyridine rings is 1. The number of rotatable bonds is 5. The van der Waals surface area contributed by atoms with E-state index in [4.69, 9.17) is 21.3 Å². The predicted molar refractivity (Wildman–Crippen MR) is 130 cm³/mol. The van der Waals surface area contributed by atoms with Crippen molar-refractivity contribution in [2.45, 2.75) is 36.7 Å². The number of hydrogen-bond donors (Lipinski definition) is 2. The lowest BCUT2D eigenvalue weighted by atomic mass is 9.61. The molecule has 4 nitrogen and oxygen atoms in total. The molecule has 1 aromatic heterocycles. The van der Waals surface area contributed by atoms with E-state index >= 15 is 0 Å². The molecule has 2 N–H and O–H groups in total. The molecule has 0 saturated carbocycles. The van der Waals surface area contributed by atoms with Crippen LogP contribution in [0, 0.1) is 5.41 Å². The standard InChI is InChI=1S/C25H29ClN2O2S/c1-24(2)15-27-12-11-25(24,29)22(16-5-7-18(26)8-6-16)20-14-17-13-19(31-4)9-10-21(17)28-23(20)30-3/h5-10,13-14,22,27,29H,11-12,15H2,1-4H3/t22-,25?/m1/s1. The van der Waals surface area contributed by atoms with Gasteiger partial charge in [0.05, 0.1) is 18.2 Å². The van der Waals surface area contributed by atoms with E-state index in [1.54, 1.807) is 18.9 Å². The molecule has 0 amide bonds. The molecule has 0 aliphatic carbocycles. The Labute approximate surface area is 193 Å². The van der Waals surface area contributed by atoms with Crippen molar-refractivity contribution in [1.82, 2.24) is 10.3 Å². The van der Waals surface area contributed by atoms with Crippen LogP contribution in [-0.2, 0) is 0 Å². The molecule has 1 unspecified atom stereocenters. The fourth-order valence-corrected chi connectivity index (χ4v) is 5.30. The molecular formula is C25H29ClN2O2S. The van der Waals surface area contributed by atoms with Gasteiger partial charge in [0.2, 0.25) is 5.88 Å². The minimum absolute atomic E-state index is 0.313. The monoisotopic (exact) mass is 456 g/mol. The van der Waals surface area contributed by atoms with E-state index in [1.807, 2.05) is 30.3 Å². The van der Waals surface area contributed by atoms with Crippen molar-refractivity contribution < 1.29 is 9.84 Å². The molecule has 1 fully saturated rings. The number of nitrogens with zero attached hydrogens (tertiary/aromatic N) is 1. The Hall–Kier alpha value is -1.79. The first-order valence-corrected chi connectivity index (χ1v) is 12.1. The summed E-state index contributed by atoms with van der Waals surface area (Å²) < 4.78 is 5.77. The lowest BCUT2D eigenvalue weighted by molar-refractivity contribution is -0.0998. The van der Waals surface area contributed by atoms with E-state index in [9.17, 15) is 5.11 Å². The summed E-state index contributed by atoms with van der Waals surface area (Å²) >= 11 is 7.90. The summed E-state index contributed by atoms with van der Waals surface area (Å²) in [6.07, 6.45) is 2.69. The molecule has 2 atom stereocenters. The van der Waals surface area contributed by atoms with Gasteiger partial charge < -0.3 is 15.2 Å². The molecule has 2 aromatic carbocycles. The van der Waals surface area contributed by atoms with Crippen LogP contribution in [0.25, 0.3) is 10.9 Å². The molecule has 164 valence electrons. The van der Waals surface area contributed by atoms with Gasteiger partial charge in [0.25, 0.3) is 0 Å². The van der Waals surface area contributed by atoms with Gasteiger partial charge in [0, 0.05) is 38.7 Å². The predicted octanol–water partition coefficient (Wildman–Crippen LogP) is 5.50. The highest BCUT2D eigenvalue weighted by molar-refractivity contribution is 7.98. The smallest absolute Gasteiger partial charge is 0.217 e.